The first kappa shape index (κ1) is 50.0. The summed E-state index contributed by atoms with van der Waals surface area (Å²) in [5.74, 6) is -1.56. The fraction of sp³-hybridized carbons (Fsp3) is 0.881. The number of rotatable bonds is 10. The van der Waals surface area contributed by atoms with Gasteiger partial charge in [0, 0.05) is 33.0 Å². The quantitative estimate of drug-likeness (QED) is 0.151. The smallest absolute Gasteiger partial charge is 0.308 e. The van der Waals surface area contributed by atoms with E-state index in [1.807, 2.05) is 31.2 Å². The number of ether oxygens (including phenoxy) is 8. The lowest BCUT2D eigenvalue weighted by molar-refractivity contribution is -0.344. The molecular weight excluding hydrogens is 774 g/mol. The van der Waals surface area contributed by atoms with Gasteiger partial charge in [-0.05, 0) is 80.3 Å². The zero-order valence-electron chi connectivity index (χ0n) is 36.4. The van der Waals surface area contributed by atoms with Gasteiger partial charge in [0.1, 0.15) is 36.6 Å². The molecule has 0 radical (unpaired) electrons. The van der Waals surface area contributed by atoms with Gasteiger partial charge in [-0.2, -0.15) is 0 Å². The molecule has 17 heteroatoms. The van der Waals surface area contributed by atoms with Gasteiger partial charge < -0.3 is 78.5 Å². The van der Waals surface area contributed by atoms with Crippen LogP contribution in [-0.4, -0.2) is 184 Å². The molecule has 0 amide bonds. The molecule has 0 aromatic heterocycles. The molecule has 4 heterocycles. The first-order chi connectivity index (χ1) is 27.6. The molecular formula is C42H73NO16. The highest BCUT2D eigenvalue weighted by Crippen LogP contribution is 2.38. The van der Waals surface area contributed by atoms with Gasteiger partial charge in [0.2, 0.25) is 0 Å². The number of aliphatic hydroxyl groups is 7. The molecule has 4 rings (SSSR count). The predicted molar refractivity (Wildman–Crippen MR) is 212 cm³/mol. The minimum atomic E-state index is -1.48. The van der Waals surface area contributed by atoms with Crippen LogP contribution in [0.2, 0.25) is 0 Å². The Labute approximate surface area is 349 Å². The van der Waals surface area contributed by atoms with E-state index < -0.39 is 128 Å². The number of carbonyl (C=O) groups excluding carboxylic acids is 1. The van der Waals surface area contributed by atoms with Gasteiger partial charge in [-0.25, -0.2) is 0 Å². The minimum absolute atomic E-state index is 0.0119. The van der Waals surface area contributed by atoms with Gasteiger partial charge in [-0.15, -0.1) is 0 Å². The second-order valence-corrected chi connectivity index (χ2v) is 17.8. The van der Waals surface area contributed by atoms with E-state index in [2.05, 4.69) is 0 Å². The average molecular weight is 848 g/mol. The van der Waals surface area contributed by atoms with Gasteiger partial charge in [-0.3, -0.25) is 4.79 Å². The van der Waals surface area contributed by atoms with E-state index >= 15 is 0 Å². The summed E-state index contributed by atoms with van der Waals surface area (Å²) in [6.07, 6.45) is -6.74. The summed E-state index contributed by atoms with van der Waals surface area (Å²) in [4.78, 5) is 14.9. The third-order valence-electron chi connectivity index (χ3n) is 12.2. The summed E-state index contributed by atoms with van der Waals surface area (Å²) in [7, 11) is 4.90. The molecule has 0 bridgehead atoms. The van der Waals surface area contributed by atoms with Crippen LogP contribution in [0.5, 0.6) is 0 Å². The van der Waals surface area contributed by atoms with Crippen molar-refractivity contribution in [3.05, 3.63) is 24.3 Å². The molecule has 4 aliphatic rings. The van der Waals surface area contributed by atoms with Crippen LogP contribution in [-0.2, 0) is 42.7 Å². The number of methoxy groups -OCH3 is 1. The van der Waals surface area contributed by atoms with Crippen molar-refractivity contribution in [2.75, 3.05) is 27.8 Å². The van der Waals surface area contributed by atoms with Crippen LogP contribution in [0, 0.1) is 11.8 Å². The van der Waals surface area contributed by atoms with Crippen molar-refractivity contribution in [3.63, 3.8) is 0 Å². The van der Waals surface area contributed by atoms with Crippen molar-refractivity contribution in [1.82, 2.24) is 4.90 Å². The summed E-state index contributed by atoms with van der Waals surface area (Å²) >= 11 is 0. The molecule has 0 saturated carbocycles. The van der Waals surface area contributed by atoms with Gasteiger partial charge in [0.15, 0.2) is 18.9 Å². The van der Waals surface area contributed by atoms with Gasteiger partial charge in [-0.1, -0.05) is 31.2 Å². The molecule has 3 fully saturated rings. The lowest BCUT2D eigenvalue weighted by Gasteiger charge is -2.50. The third kappa shape index (κ3) is 13.0. The summed E-state index contributed by atoms with van der Waals surface area (Å²) < 4.78 is 49.4. The second kappa shape index (κ2) is 21.6. The van der Waals surface area contributed by atoms with Crippen molar-refractivity contribution < 1.29 is 78.4 Å². The number of cyclic esters (lactones) is 1. The van der Waals surface area contributed by atoms with E-state index in [1.165, 1.54) is 21.0 Å². The first-order valence-corrected chi connectivity index (χ1v) is 21.0. The molecule has 342 valence electrons. The molecule has 20 atom stereocenters. The lowest BCUT2D eigenvalue weighted by atomic mass is 9.82. The summed E-state index contributed by atoms with van der Waals surface area (Å²) in [5.41, 5.74) is -2.94. The second-order valence-electron chi connectivity index (χ2n) is 17.8. The molecule has 3 saturated heterocycles. The maximum absolute atomic E-state index is 13.1. The minimum Gasteiger partial charge on any atom is -0.462 e. The summed E-state index contributed by atoms with van der Waals surface area (Å²) in [5, 5.41) is 77.0. The normalized spacial score (nSPS) is 48.3. The summed E-state index contributed by atoms with van der Waals surface area (Å²) in [6, 6.07) is -0.743. The number of carbonyl (C=O) groups is 1. The molecule has 20 unspecified atom stereocenters. The van der Waals surface area contributed by atoms with Crippen molar-refractivity contribution in [3.8, 4) is 0 Å². The Hall–Kier alpha value is -1.65. The van der Waals surface area contributed by atoms with E-state index in [-0.39, 0.29) is 31.8 Å². The maximum atomic E-state index is 13.1. The van der Waals surface area contributed by atoms with E-state index in [0.29, 0.717) is 12.8 Å². The van der Waals surface area contributed by atoms with E-state index in [9.17, 15) is 40.5 Å². The van der Waals surface area contributed by atoms with E-state index in [0.717, 1.165) is 0 Å². The SMILES string of the molecule is COC1C(O)CC(=O)OC(C)C/C=C\C=C\C(OC2CC(C)(O)C(O)C(C)O2)C(C)CC(CCO)C1OC1OC(C)C(OC2CC(C)(O)C(O)C(C)O2)C(N(C)C)C1O. The zero-order valence-corrected chi connectivity index (χ0v) is 36.4. The Kier molecular flexibility index (Phi) is 18.3. The molecule has 4 aliphatic heterocycles. The van der Waals surface area contributed by atoms with Crippen molar-refractivity contribution >= 4 is 5.97 Å². The lowest BCUT2D eigenvalue weighted by Crippen LogP contribution is -2.65. The Balaban J connectivity index is 1.68. The van der Waals surface area contributed by atoms with Crippen molar-refractivity contribution in [2.24, 2.45) is 11.8 Å². The van der Waals surface area contributed by atoms with E-state index in [1.54, 1.807) is 46.7 Å². The van der Waals surface area contributed by atoms with E-state index in [4.69, 9.17) is 37.9 Å². The van der Waals surface area contributed by atoms with Crippen LogP contribution in [0.25, 0.3) is 0 Å². The molecule has 7 N–H and O–H groups in total. The number of nitrogens with zero attached hydrogens (tertiary/aromatic N) is 1. The maximum Gasteiger partial charge on any atom is 0.308 e. The fourth-order valence-electron chi connectivity index (χ4n) is 8.88. The van der Waals surface area contributed by atoms with Crippen LogP contribution < -0.4 is 0 Å². The third-order valence-corrected chi connectivity index (χ3v) is 12.2. The van der Waals surface area contributed by atoms with Crippen LogP contribution in [0.1, 0.15) is 87.0 Å². The number of aliphatic hydroxyl groups excluding tert-OH is 5. The monoisotopic (exact) mass is 847 g/mol. The summed E-state index contributed by atoms with van der Waals surface area (Å²) in [6.45, 7) is 11.5. The van der Waals surface area contributed by atoms with Crippen molar-refractivity contribution in [1.29, 1.82) is 0 Å². The van der Waals surface area contributed by atoms with Crippen LogP contribution in [0.15, 0.2) is 24.3 Å². The first-order valence-electron chi connectivity index (χ1n) is 21.0. The molecule has 0 aliphatic carbocycles. The van der Waals surface area contributed by atoms with Gasteiger partial charge >= 0.3 is 5.97 Å². The molecule has 59 heavy (non-hydrogen) atoms. The molecule has 0 aromatic carbocycles. The highest BCUT2D eigenvalue weighted by Gasteiger charge is 2.52. The largest absolute Gasteiger partial charge is 0.462 e. The number of likely N-dealkylation sites (N-methyl/N-ethyl adjacent to an activating group) is 1. The Bertz CT molecular complexity index is 1360. The molecule has 0 aromatic rings. The molecule has 0 spiro atoms. The fourth-order valence-corrected chi connectivity index (χ4v) is 8.88. The molecule has 17 nitrogen and oxygen atoms in total. The topological polar surface area (TPSA) is 236 Å². The van der Waals surface area contributed by atoms with Crippen LogP contribution in [0.4, 0.5) is 0 Å². The Morgan fingerprint density at radius 3 is 1.95 bits per heavy atom. The predicted octanol–water partition coefficient (Wildman–Crippen LogP) is 0.910. The number of hydrogen-bond acceptors (Lipinski definition) is 17. The van der Waals surface area contributed by atoms with Crippen LogP contribution in [0.3, 0.4) is 0 Å². The van der Waals surface area contributed by atoms with Crippen LogP contribution >= 0.6 is 0 Å². The number of esters is 1. The van der Waals surface area contributed by atoms with Crippen molar-refractivity contribution in [2.45, 2.75) is 196 Å². The van der Waals surface area contributed by atoms with Gasteiger partial charge in [0.25, 0.3) is 0 Å². The average Bonchev–Trinajstić information content (AvgIpc) is 3.12. The standard InChI is InChI=1S/C42H73NO16/c1-22-18-27(16-17-44)36(59-40-34(47)33(43(8)9)35(24(3)56-40)58-32-21-42(7,51)39(49)26(5)55-32)37(52-10)28(45)19-30(46)53-23(2)14-12-11-13-15-29(22)57-31-20-41(6,50)38(48)25(4)54-31/h11-13,15,22-29,31-40,44-45,47-51H,14,16-21H2,1-10H3/b12-11-,15-13+. The Morgan fingerprint density at radius 2 is 1.41 bits per heavy atom. The number of allylic oxidation sites excluding steroid dienone is 2. The Morgan fingerprint density at radius 1 is 0.814 bits per heavy atom. The van der Waals surface area contributed by atoms with Gasteiger partial charge in [0.05, 0.1) is 60.3 Å². The highest BCUT2D eigenvalue weighted by atomic mass is 16.7. The highest BCUT2D eigenvalue weighted by molar-refractivity contribution is 5.70. The zero-order chi connectivity index (χ0) is 44.0. The number of hydrogen-bond donors (Lipinski definition) is 7.